The van der Waals surface area contributed by atoms with E-state index < -0.39 is 0 Å². The Bertz CT molecular complexity index is 498. The maximum atomic E-state index is 11.9. The van der Waals surface area contributed by atoms with Gasteiger partial charge in [0.25, 0.3) is 5.91 Å². The summed E-state index contributed by atoms with van der Waals surface area (Å²) in [4.78, 5) is 27.7. The van der Waals surface area contributed by atoms with Gasteiger partial charge >= 0.3 is 0 Å². The number of thiazole rings is 1. The summed E-state index contributed by atoms with van der Waals surface area (Å²) in [7, 11) is 0. The molecule has 2 amide bonds. The highest BCUT2D eigenvalue weighted by Gasteiger charge is 2.21. The van der Waals surface area contributed by atoms with Crippen molar-refractivity contribution in [2.75, 3.05) is 24.1 Å². The second kappa shape index (κ2) is 6.56. The summed E-state index contributed by atoms with van der Waals surface area (Å²) in [6.45, 7) is 2.29. The molecule has 8 heteroatoms. The number of nitrogen functional groups attached to an aromatic ring is 1. The smallest absolute Gasteiger partial charge is 0.265 e. The van der Waals surface area contributed by atoms with Crippen molar-refractivity contribution in [2.45, 2.75) is 32.2 Å². The Labute approximate surface area is 121 Å². The van der Waals surface area contributed by atoms with Gasteiger partial charge in [0.2, 0.25) is 5.91 Å². The van der Waals surface area contributed by atoms with Crippen LogP contribution < -0.4 is 21.7 Å². The van der Waals surface area contributed by atoms with Gasteiger partial charge in [0, 0.05) is 12.6 Å². The number of nitrogens with zero attached hydrogens (tertiary/aromatic N) is 1. The SMILES string of the molecule is CCNC(=O)CNC(=O)c1sc(NC2CCC2)nc1N. The lowest BCUT2D eigenvalue weighted by molar-refractivity contribution is -0.120. The van der Waals surface area contributed by atoms with Gasteiger partial charge in [-0.15, -0.1) is 0 Å². The first kappa shape index (κ1) is 14.6. The highest BCUT2D eigenvalue weighted by molar-refractivity contribution is 7.18. The fraction of sp³-hybridized carbons (Fsp3) is 0.583. The second-order valence-corrected chi connectivity index (χ2v) is 5.64. The lowest BCUT2D eigenvalue weighted by atomic mass is 9.93. The summed E-state index contributed by atoms with van der Waals surface area (Å²) in [6, 6.07) is 0.437. The zero-order valence-corrected chi connectivity index (χ0v) is 12.2. The summed E-state index contributed by atoms with van der Waals surface area (Å²) < 4.78 is 0. The zero-order valence-electron chi connectivity index (χ0n) is 11.4. The van der Waals surface area contributed by atoms with Gasteiger partial charge in [-0.05, 0) is 26.2 Å². The van der Waals surface area contributed by atoms with Gasteiger partial charge in [-0.25, -0.2) is 4.98 Å². The number of hydrogen-bond acceptors (Lipinski definition) is 6. The third-order valence-electron chi connectivity index (χ3n) is 3.08. The lowest BCUT2D eigenvalue weighted by Gasteiger charge is -2.25. The minimum atomic E-state index is -0.368. The molecule has 1 aliphatic rings. The van der Waals surface area contributed by atoms with E-state index in [0.717, 1.165) is 12.8 Å². The molecule has 0 aromatic carbocycles. The van der Waals surface area contributed by atoms with Crippen molar-refractivity contribution in [1.82, 2.24) is 15.6 Å². The molecule has 7 nitrogen and oxygen atoms in total. The van der Waals surface area contributed by atoms with Crippen molar-refractivity contribution in [3.8, 4) is 0 Å². The number of likely N-dealkylation sites (N-methyl/N-ethyl adjacent to an activating group) is 1. The average molecular weight is 297 g/mol. The van der Waals surface area contributed by atoms with Crippen LogP contribution in [0.2, 0.25) is 0 Å². The third-order valence-corrected chi connectivity index (χ3v) is 4.08. The first-order chi connectivity index (χ1) is 9.60. The van der Waals surface area contributed by atoms with Gasteiger partial charge in [-0.2, -0.15) is 0 Å². The van der Waals surface area contributed by atoms with Gasteiger partial charge in [-0.3, -0.25) is 9.59 Å². The summed E-state index contributed by atoms with van der Waals surface area (Å²) in [5, 5.41) is 9.04. The van der Waals surface area contributed by atoms with Crippen molar-refractivity contribution in [3.05, 3.63) is 4.88 Å². The molecule has 0 radical (unpaired) electrons. The van der Waals surface area contributed by atoms with Gasteiger partial charge in [0.05, 0.1) is 6.54 Å². The molecule has 5 N–H and O–H groups in total. The van der Waals surface area contributed by atoms with Crippen LogP contribution in [0.25, 0.3) is 0 Å². The number of carbonyl (C=O) groups excluding carboxylic acids is 2. The second-order valence-electron chi connectivity index (χ2n) is 4.64. The standard InChI is InChI=1S/C12H19N5O2S/c1-2-14-8(18)6-15-11(19)9-10(13)17-12(20-9)16-7-4-3-5-7/h7H,2-6,13H2,1H3,(H,14,18)(H,15,19)(H,16,17). The Morgan fingerprint density at radius 2 is 2.15 bits per heavy atom. The van der Waals surface area contributed by atoms with Crippen molar-refractivity contribution in [2.24, 2.45) is 0 Å². The Morgan fingerprint density at radius 1 is 1.40 bits per heavy atom. The van der Waals surface area contributed by atoms with E-state index in [4.69, 9.17) is 5.73 Å². The van der Waals surface area contributed by atoms with E-state index in [2.05, 4.69) is 20.9 Å². The molecule has 0 bridgehead atoms. The van der Waals surface area contributed by atoms with Crippen LogP contribution in [-0.4, -0.2) is 35.9 Å². The van der Waals surface area contributed by atoms with Crippen LogP contribution >= 0.6 is 11.3 Å². The minimum absolute atomic E-state index is 0.0601. The number of hydrogen-bond donors (Lipinski definition) is 4. The van der Waals surface area contributed by atoms with E-state index in [0.29, 0.717) is 22.6 Å². The molecule has 0 atom stereocenters. The van der Waals surface area contributed by atoms with Crippen LogP contribution in [0.3, 0.4) is 0 Å². The maximum absolute atomic E-state index is 11.9. The third kappa shape index (κ3) is 3.60. The van der Waals surface area contributed by atoms with Crippen LogP contribution in [0, 0.1) is 0 Å². The lowest BCUT2D eigenvalue weighted by Crippen LogP contribution is -2.36. The van der Waals surface area contributed by atoms with Crippen LogP contribution in [0.15, 0.2) is 0 Å². The number of aromatic nitrogens is 1. The molecule has 1 aliphatic carbocycles. The summed E-state index contributed by atoms with van der Waals surface area (Å²) in [5.41, 5.74) is 5.74. The molecule has 1 heterocycles. The number of rotatable bonds is 6. The van der Waals surface area contributed by atoms with Crippen molar-refractivity contribution in [3.63, 3.8) is 0 Å². The molecule has 2 rings (SSSR count). The molecule has 1 aromatic rings. The van der Waals surface area contributed by atoms with Crippen LogP contribution in [0.1, 0.15) is 35.9 Å². The van der Waals surface area contributed by atoms with Crippen LogP contribution in [0.4, 0.5) is 10.9 Å². The van der Waals surface area contributed by atoms with Crippen molar-refractivity contribution in [1.29, 1.82) is 0 Å². The monoisotopic (exact) mass is 297 g/mol. The van der Waals surface area contributed by atoms with E-state index in [9.17, 15) is 9.59 Å². The van der Waals surface area contributed by atoms with Crippen LogP contribution in [0.5, 0.6) is 0 Å². The fourth-order valence-electron chi connectivity index (χ4n) is 1.78. The quantitative estimate of drug-likeness (QED) is 0.613. The molecule has 110 valence electrons. The zero-order chi connectivity index (χ0) is 14.5. The first-order valence-electron chi connectivity index (χ1n) is 6.68. The minimum Gasteiger partial charge on any atom is -0.382 e. The van der Waals surface area contributed by atoms with Gasteiger partial charge in [0.1, 0.15) is 10.7 Å². The highest BCUT2D eigenvalue weighted by atomic mass is 32.1. The molecular weight excluding hydrogens is 278 g/mol. The van der Waals surface area contributed by atoms with Gasteiger partial charge in [0.15, 0.2) is 5.13 Å². The molecule has 0 spiro atoms. The largest absolute Gasteiger partial charge is 0.382 e. The van der Waals surface area contributed by atoms with E-state index in [-0.39, 0.29) is 24.2 Å². The molecular formula is C12H19N5O2S. The Hall–Kier alpha value is -1.83. The maximum Gasteiger partial charge on any atom is 0.265 e. The molecule has 0 unspecified atom stereocenters. The van der Waals surface area contributed by atoms with E-state index in [1.54, 1.807) is 0 Å². The number of nitrogens with one attached hydrogen (secondary N) is 3. The molecule has 1 fully saturated rings. The molecule has 0 aliphatic heterocycles. The fourth-order valence-corrected chi connectivity index (χ4v) is 2.66. The van der Waals surface area contributed by atoms with Crippen molar-refractivity contribution >= 4 is 34.1 Å². The predicted octanol–water partition coefficient (Wildman–Crippen LogP) is 0.556. The van der Waals surface area contributed by atoms with E-state index >= 15 is 0 Å². The number of nitrogens with two attached hydrogens (primary N) is 1. The molecule has 20 heavy (non-hydrogen) atoms. The Balaban J connectivity index is 1.90. The average Bonchev–Trinajstić information content (AvgIpc) is 2.73. The first-order valence-corrected chi connectivity index (χ1v) is 7.49. The predicted molar refractivity (Wildman–Crippen MR) is 78.8 cm³/mol. The topological polar surface area (TPSA) is 109 Å². The van der Waals surface area contributed by atoms with Gasteiger partial charge in [-0.1, -0.05) is 11.3 Å². The molecule has 0 saturated heterocycles. The van der Waals surface area contributed by atoms with E-state index in [1.165, 1.54) is 17.8 Å². The number of anilines is 2. The summed E-state index contributed by atoms with van der Waals surface area (Å²) in [5.74, 6) is -0.394. The number of amides is 2. The van der Waals surface area contributed by atoms with Crippen LogP contribution in [-0.2, 0) is 4.79 Å². The summed E-state index contributed by atoms with van der Waals surface area (Å²) in [6.07, 6.45) is 3.47. The van der Waals surface area contributed by atoms with Gasteiger partial charge < -0.3 is 21.7 Å². The Morgan fingerprint density at radius 3 is 2.75 bits per heavy atom. The van der Waals surface area contributed by atoms with Crippen molar-refractivity contribution < 1.29 is 9.59 Å². The van der Waals surface area contributed by atoms with E-state index in [1.807, 2.05) is 6.92 Å². The Kier molecular flexibility index (Phi) is 4.78. The number of carbonyl (C=O) groups is 2. The highest BCUT2D eigenvalue weighted by Crippen LogP contribution is 2.29. The summed E-state index contributed by atoms with van der Waals surface area (Å²) >= 11 is 1.22. The molecule has 1 aromatic heterocycles. The molecule has 1 saturated carbocycles. The normalized spacial score (nSPS) is 14.4.